The number of benzene rings is 1. The van der Waals surface area contributed by atoms with Crippen LogP contribution in [-0.2, 0) is 6.54 Å². The maximum Gasteiger partial charge on any atom is 0.127 e. The van der Waals surface area contributed by atoms with E-state index in [2.05, 4.69) is 0 Å². The molecule has 0 unspecified atom stereocenters. The third-order valence-corrected chi connectivity index (χ3v) is 1.74. The van der Waals surface area contributed by atoms with Crippen LogP contribution in [0.2, 0.25) is 0 Å². The predicted octanol–water partition coefficient (Wildman–Crippen LogP) is 0.706. The molecule has 13 heavy (non-hydrogen) atoms. The van der Waals surface area contributed by atoms with Crippen molar-refractivity contribution in [1.82, 2.24) is 5.01 Å². The molecule has 0 bridgehead atoms. The van der Waals surface area contributed by atoms with Crippen molar-refractivity contribution in [2.75, 3.05) is 14.2 Å². The van der Waals surface area contributed by atoms with Crippen LogP contribution in [0.1, 0.15) is 5.56 Å². The fraction of sp³-hybridized carbons (Fsp3) is 0.333. The van der Waals surface area contributed by atoms with Gasteiger partial charge in [-0.15, -0.1) is 0 Å². The molecule has 4 heteroatoms. The second-order valence-electron chi connectivity index (χ2n) is 2.87. The number of aromatic hydroxyl groups is 1. The highest BCUT2D eigenvalue weighted by atomic mass is 16.5. The van der Waals surface area contributed by atoms with Crippen LogP contribution in [0.3, 0.4) is 0 Å². The highest BCUT2D eigenvalue weighted by Crippen LogP contribution is 2.27. The molecule has 0 saturated heterocycles. The molecule has 0 atom stereocenters. The Kier molecular flexibility index (Phi) is 3.11. The Labute approximate surface area is 77.5 Å². The molecule has 1 aromatic rings. The highest BCUT2D eigenvalue weighted by molar-refractivity contribution is 5.43. The molecule has 0 aliphatic rings. The molecule has 4 nitrogen and oxygen atoms in total. The average molecular weight is 182 g/mol. The van der Waals surface area contributed by atoms with Gasteiger partial charge in [-0.1, -0.05) is 6.07 Å². The first kappa shape index (κ1) is 9.83. The molecule has 0 amide bonds. The summed E-state index contributed by atoms with van der Waals surface area (Å²) in [6, 6.07) is 5.13. The van der Waals surface area contributed by atoms with E-state index >= 15 is 0 Å². The molecular weight excluding hydrogens is 168 g/mol. The summed E-state index contributed by atoms with van der Waals surface area (Å²) >= 11 is 0. The quantitative estimate of drug-likeness (QED) is 0.534. The summed E-state index contributed by atoms with van der Waals surface area (Å²) in [6.07, 6.45) is 0. The van der Waals surface area contributed by atoms with Gasteiger partial charge in [0.05, 0.1) is 12.7 Å². The second kappa shape index (κ2) is 4.11. The van der Waals surface area contributed by atoms with Gasteiger partial charge in [-0.3, -0.25) is 5.84 Å². The van der Waals surface area contributed by atoms with Crippen molar-refractivity contribution in [3.63, 3.8) is 0 Å². The number of nitrogens with zero attached hydrogens (tertiary/aromatic N) is 1. The van der Waals surface area contributed by atoms with Gasteiger partial charge in [0.25, 0.3) is 0 Å². The smallest absolute Gasteiger partial charge is 0.127 e. The summed E-state index contributed by atoms with van der Waals surface area (Å²) in [6.45, 7) is 0.454. The maximum atomic E-state index is 9.51. The topological polar surface area (TPSA) is 58.7 Å². The van der Waals surface area contributed by atoms with E-state index in [0.717, 1.165) is 0 Å². The largest absolute Gasteiger partial charge is 0.507 e. The standard InChI is InChI=1S/C9H14N2O2/c1-11(10)6-7-8(12)4-3-5-9(7)13-2/h3-5,12H,6,10H2,1-2H3. The van der Waals surface area contributed by atoms with Gasteiger partial charge in [0.15, 0.2) is 0 Å². The Balaban J connectivity index is 3.00. The summed E-state index contributed by atoms with van der Waals surface area (Å²) in [7, 11) is 3.29. The van der Waals surface area contributed by atoms with Crippen LogP contribution < -0.4 is 10.6 Å². The van der Waals surface area contributed by atoms with E-state index in [-0.39, 0.29) is 5.75 Å². The molecule has 0 aliphatic heterocycles. The molecule has 0 fully saturated rings. The fourth-order valence-electron chi connectivity index (χ4n) is 1.15. The molecule has 0 spiro atoms. The van der Waals surface area contributed by atoms with E-state index in [0.29, 0.717) is 17.9 Å². The van der Waals surface area contributed by atoms with E-state index in [4.69, 9.17) is 10.6 Å². The molecule has 72 valence electrons. The zero-order valence-corrected chi connectivity index (χ0v) is 7.82. The zero-order chi connectivity index (χ0) is 9.84. The minimum absolute atomic E-state index is 0.205. The normalized spacial score (nSPS) is 10.5. The third kappa shape index (κ3) is 2.34. The van der Waals surface area contributed by atoms with Crippen LogP contribution in [0, 0.1) is 0 Å². The van der Waals surface area contributed by atoms with Crippen LogP contribution in [0.25, 0.3) is 0 Å². The maximum absolute atomic E-state index is 9.51. The lowest BCUT2D eigenvalue weighted by molar-refractivity contribution is 0.320. The lowest BCUT2D eigenvalue weighted by Gasteiger charge is -2.14. The Morgan fingerprint density at radius 2 is 2.23 bits per heavy atom. The third-order valence-electron chi connectivity index (χ3n) is 1.74. The van der Waals surface area contributed by atoms with Crippen molar-refractivity contribution >= 4 is 0 Å². The van der Waals surface area contributed by atoms with Crippen LogP contribution in [0.5, 0.6) is 11.5 Å². The van der Waals surface area contributed by atoms with Gasteiger partial charge in [0, 0.05) is 13.6 Å². The molecule has 0 aliphatic carbocycles. The molecule has 0 aromatic heterocycles. The summed E-state index contributed by atoms with van der Waals surface area (Å²) in [5, 5.41) is 11.0. The molecule has 0 saturated carbocycles. The van der Waals surface area contributed by atoms with Gasteiger partial charge >= 0.3 is 0 Å². The van der Waals surface area contributed by atoms with Crippen molar-refractivity contribution < 1.29 is 9.84 Å². The number of methoxy groups -OCH3 is 1. The summed E-state index contributed by atoms with van der Waals surface area (Å²) < 4.78 is 5.08. The number of phenols is 1. The summed E-state index contributed by atoms with van der Waals surface area (Å²) in [4.78, 5) is 0. The highest BCUT2D eigenvalue weighted by Gasteiger charge is 2.08. The first-order chi connectivity index (χ1) is 6.15. The fourth-order valence-corrected chi connectivity index (χ4v) is 1.15. The lowest BCUT2D eigenvalue weighted by Crippen LogP contribution is -2.25. The minimum Gasteiger partial charge on any atom is -0.507 e. The van der Waals surface area contributed by atoms with Crippen LogP contribution >= 0.6 is 0 Å². The van der Waals surface area contributed by atoms with Crippen LogP contribution in [0.15, 0.2) is 18.2 Å². The zero-order valence-electron chi connectivity index (χ0n) is 7.82. The van der Waals surface area contributed by atoms with Gasteiger partial charge in [0.2, 0.25) is 0 Å². The molecule has 3 N–H and O–H groups in total. The number of ether oxygens (including phenoxy) is 1. The monoisotopic (exact) mass is 182 g/mol. The lowest BCUT2D eigenvalue weighted by atomic mass is 10.2. The van der Waals surface area contributed by atoms with Crippen molar-refractivity contribution in [3.05, 3.63) is 23.8 Å². The number of nitrogens with two attached hydrogens (primary N) is 1. The Morgan fingerprint density at radius 3 is 2.77 bits per heavy atom. The van der Waals surface area contributed by atoms with Crippen molar-refractivity contribution in [2.24, 2.45) is 5.84 Å². The average Bonchev–Trinajstić information content (AvgIpc) is 2.08. The molecular formula is C9H14N2O2. The van der Waals surface area contributed by atoms with E-state index in [1.54, 1.807) is 32.4 Å². The number of rotatable bonds is 3. The van der Waals surface area contributed by atoms with Gasteiger partial charge in [-0.2, -0.15) is 0 Å². The van der Waals surface area contributed by atoms with E-state index in [9.17, 15) is 5.11 Å². The van der Waals surface area contributed by atoms with Gasteiger partial charge in [0.1, 0.15) is 11.5 Å². The van der Waals surface area contributed by atoms with Crippen molar-refractivity contribution in [3.8, 4) is 11.5 Å². The summed E-state index contributed by atoms with van der Waals surface area (Å²) in [5.41, 5.74) is 0.704. The molecule has 1 rings (SSSR count). The molecule has 1 aromatic carbocycles. The number of phenolic OH excluding ortho intramolecular Hbond substituents is 1. The Morgan fingerprint density at radius 1 is 1.54 bits per heavy atom. The second-order valence-corrected chi connectivity index (χ2v) is 2.87. The van der Waals surface area contributed by atoms with Gasteiger partial charge in [-0.05, 0) is 12.1 Å². The number of hydrogen-bond acceptors (Lipinski definition) is 4. The number of hydrogen-bond donors (Lipinski definition) is 2. The van der Waals surface area contributed by atoms with Crippen LogP contribution in [0.4, 0.5) is 0 Å². The predicted molar refractivity (Wildman–Crippen MR) is 50.3 cm³/mol. The van der Waals surface area contributed by atoms with E-state index < -0.39 is 0 Å². The SMILES string of the molecule is COc1cccc(O)c1CN(C)N. The van der Waals surface area contributed by atoms with E-state index in [1.807, 2.05) is 0 Å². The first-order valence-corrected chi connectivity index (χ1v) is 3.96. The van der Waals surface area contributed by atoms with Gasteiger partial charge < -0.3 is 9.84 Å². The Hall–Kier alpha value is -1.26. The van der Waals surface area contributed by atoms with E-state index in [1.165, 1.54) is 5.01 Å². The molecule has 0 heterocycles. The number of hydrazine groups is 1. The Bertz CT molecular complexity index is 287. The van der Waals surface area contributed by atoms with Crippen LogP contribution in [-0.4, -0.2) is 24.3 Å². The van der Waals surface area contributed by atoms with Crippen molar-refractivity contribution in [1.29, 1.82) is 0 Å². The summed E-state index contributed by atoms with van der Waals surface area (Å²) in [5.74, 6) is 6.34. The van der Waals surface area contributed by atoms with Crippen molar-refractivity contribution in [2.45, 2.75) is 6.54 Å². The molecule has 0 radical (unpaired) electrons. The van der Waals surface area contributed by atoms with Gasteiger partial charge in [-0.25, -0.2) is 5.01 Å². The minimum atomic E-state index is 0.205. The first-order valence-electron chi connectivity index (χ1n) is 3.96.